The molecule has 184 valence electrons. The molecular formula is C27H28N6O2S. The second-order valence-electron chi connectivity index (χ2n) is 9.72. The van der Waals surface area contributed by atoms with E-state index in [0.29, 0.717) is 11.4 Å². The van der Waals surface area contributed by atoms with Crippen molar-refractivity contribution >= 4 is 22.2 Å². The topological polar surface area (TPSA) is 102 Å². The summed E-state index contributed by atoms with van der Waals surface area (Å²) < 4.78 is 7.84. The number of hydrogen-bond acceptors (Lipinski definition) is 7. The van der Waals surface area contributed by atoms with Gasteiger partial charge in [-0.05, 0) is 83.8 Å². The first-order valence-electron chi connectivity index (χ1n) is 12.3. The van der Waals surface area contributed by atoms with Gasteiger partial charge in [0.15, 0.2) is 5.82 Å². The van der Waals surface area contributed by atoms with Gasteiger partial charge in [-0.2, -0.15) is 0 Å². The van der Waals surface area contributed by atoms with E-state index in [1.807, 2.05) is 59.5 Å². The van der Waals surface area contributed by atoms with Gasteiger partial charge in [0.05, 0.1) is 12.3 Å². The third-order valence-corrected chi connectivity index (χ3v) is 8.34. The first-order chi connectivity index (χ1) is 17.5. The quantitative estimate of drug-likeness (QED) is 0.317. The fourth-order valence-corrected chi connectivity index (χ4v) is 6.16. The Morgan fingerprint density at radius 2 is 2.06 bits per heavy atom. The summed E-state index contributed by atoms with van der Waals surface area (Å²) in [5, 5.41) is 19.7. The van der Waals surface area contributed by atoms with Crippen molar-refractivity contribution in [3.8, 4) is 0 Å². The Bertz CT molecular complexity index is 1500. The number of H-pyrrole nitrogens is 1. The third-order valence-electron chi connectivity index (χ3n) is 7.25. The number of aromatic nitrogens is 5. The molecule has 6 rings (SSSR count). The van der Waals surface area contributed by atoms with Crippen molar-refractivity contribution < 1.29 is 4.42 Å². The van der Waals surface area contributed by atoms with Gasteiger partial charge in [0.1, 0.15) is 17.3 Å². The predicted octanol–water partition coefficient (Wildman–Crippen LogP) is 5.24. The molecule has 36 heavy (non-hydrogen) atoms. The Kier molecular flexibility index (Phi) is 5.81. The highest BCUT2D eigenvalue weighted by atomic mass is 32.1. The van der Waals surface area contributed by atoms with Crippen LogP contribution in [0.25, 0.3) is 10.9 Å². The summed E-state index contributed by atoms with van der Waals surface area (Å²) in [6, 6.07) is 15.6. The van der Waals surface area contributed by atoms with Gasteiger partial charge in [0.25, 0.3) is 5.56 Å². The second-order valence-corrected chi connectivity index (χ2v) is 10.7. The molecule has 0 bridgehead atoms. The summed E-state index contributed by atoms with van der Waals surface area (Å²) in [6.07, 6.45) is 6.02. The van der Waals surface area contributed by atoms with E-state index < -0.39 is 11.6 Å². The SMILES string of the molecule is Cc1ccc2cc(C(NC(C)(c3ccco3)c3cccs3)c3nnnn3C3CCCC3)c(=O)[nH]c2c1. The minimum absolute atomic E-state index is 0.167. The number of nitrogens with one attached hydrogen (secondary N) is 2. The summed E-state index contributed by atoms with van der Waals surface area (Å²) >= 11 is 1.63. The lowest BCUT2D eigenvalue weighted by Crippen LogP contribution is -2.45. The van der Waals surface area contributed by atoms with Crippen LogP contribution < -0.4 is 10.9 Å². The third kappa shape index (κ3) is 3.98. The Labute approximate surface area is 212 Å². The fraction of sp³-hybridized carbons (Fsp3) is 0.333. The highest BCUT2D eigenvalue weighted by Gasteiger charge is 2.39. The molecule has 2 N–H and O–H groups in total. The van der Waals surface area contributed by atoms with Crippen molar-refractivity contribution in [3.05, 3.63) is 98.1 Å². The van der Waals surface area contributed by atoms with Crippen molar-refractivity contribution in [2.45, 2.75) is 57.2 Å². The lowest BCUT2D eigenvalue weighted by atomic mass is 9.93. The number of rotatable bonds is 7. The predicted molar refractivity (Wildman–Crippen MR) is 139 cm³/mol. The van der Waals surface area contributed by atoms with Crippen LogP contribution in [0.1, 0.15) is 72.3 Å². The molecule has 1 aliphatic carbocycles. The molecule has 4 heterocycles. The molecule has 1 saturated carbocycles. The Morgan fingerprint density at radius 3 is 2.81 bits per heavy atom. The van der Waals surface area contributed by atoms with Gasteiger partial charge in [-0.1, -0.05) is 31.0 Å². The minimum Gasteiger partial charge on any atom is -0.467 e. The highest BCUT2D eigenvalue weighted by molar-refractivity contribution is 7.10. The fourth-order valence-electron chi connectivity index (χ4n) is 5.31. The number of thiophene rings is 1. The first kappa shape index (κ1) is 22.9. The maximum Gasteiger partial charge on any atom is 0.253 e. The molecule has 0 radical (unpaired) electrons. The van der Waals surface area contributed by atoms with E-state index in [2.05, 4.69) is 38.8 Å². The number of hydrogen-bond donors (Lipinski definition) is 2. The normalized spacial score (nSPS) is 16.9. The van der Waals surface area contributed by atoms with E-state index in [4.69, 9.17) is 4.42 Å². The van der Waals surface area contributed by atoms with Crippen molar-refractivity contribution in [2.75, 3.05) is 0 Å². The summed E-state index contributed by atoms with van der Waals surface area (Å²) in [5.41, 5.74) is 1.58. The maximum absolute atomic E-state index is 13.6. The number of nitrogens with zero attached hydrogens (tertiary/aromatic N) is 4. The average Bonchev–Trinajstić information content (AvgIpc) is 3.70. The lowest BCUT2D eigenvalue weighted by Gasteiger charge is -2.33. The van der Waals surface area contributed by atoms with Gasteiger partial charge >= 0.3 is 0 Å². The molecule has 8 nitrogen and oxygen atoms in total. The van der Waals surface area contributed by atoms with Crippen LogP contribution in [0.3, 0.4) is 0 Å². The largest absolute Gasteiger partial charge is 0.467 e. The second kappa shape index (κ2) is 9.15. The summed E-state index contributed by atoms with van der Waals surface area (Å²) in [6.45, 7) is 4.09. The van der Waals surface area contributed by atoms with Crippen LogP contribution in [0.2, 0.25) is 0 Å². The summed E-state index contributed by atoms with van der Waals surface area (Å²) in [5.74, 6) is 1.39. The van der Waals surface area contributed by atoms with Crippen molar-refractivity contribution in [3.63, 3.8) is 0 Å². The number of aromatic amines is 1. The summed E-state index contributed by atoms with van der Waals surface area (Å²) in [7, 11) is 0. The van der Waals surface area contributed by atoms with Crippen molar-refractivity contribution in [1.82, 2.24) is 30.5 Å². The van der Waals surface area contributed by atoms with Crippen LogP contribution in [0.15, 0.2) is 69.4 Å². The number of fused-ring (bicyclic) bond motifs is 1. The maximum atomic E-state index is 13.6. The smallest absolute Gasteiger partial charge is 0.253 e. The molecule has 1 aromatic carbocycles. The van der Waals surface area contributed by atoms with E-state index in [1.165, 1.54) is 0 Å². The molecule has 5 aromatic rings. The first-order valence-corrected chi connectivity index (χ1v) is 13.2. The molecule has 4 aromatic heterocycles. The Balaban J connectivity index is 1.54. The molecule has 0 aliphatic heterocycles. The molecular weight excluding hydrogens is 472 g/mol. The number of pyridine rings is 1. The number of benzene rings is 1. The van der Waals surface area contributed by atoms with E-state index in [-0.39, 0.29) is 11.6 Å². The number of aryl methyl sites for hydroxylation is 1. The van der Waals surface area contributed by atoms with Crippen molar-refractivity contribution in [1.29, 1.82) is 0 Å². The number of furan rings is 1. The minimum atomic E-state index is -0.719. The zero-order valence-electron chi connectivity index (χ0n) is 20.3. The van der Waals surface area contributed by atoms with Crippen LogP contribution in [0.5, 0.6) is 0 Å². The molecule has 0 amide bonds. The van der Waals surface area contributed by atoms with Gasteiger partial charge < -0.3 is 9.40 Å². The molecule has 2 unspecified atom stereocenters. The molecule has 1 fully saturated rings. The summed E-state index contributed by atoms with van der Waals surface area (Å²) in [4.78, 5) is 17.7. The lowest BCUT2D eigenvalue weighted by molar-refractivity contribution is 0.314. The van der Waals surface area contributed by atoms with Gasteiger partial charge in [0, 0.05) is 16.0 Å². The average molecular weight is 501 g/mol. The van der Waals surface area contributed by atoms with E-state index in [0.717, 1.165) is 52.8 Å². The van der Waals surface area contributed by atoms with Crippen LogP contribution in [0.4, 0.5) is 0 Å². The standard InChI is InChI=1S/C27H28N6O2S/c1-17-11-12-18-16-20(26(34)28-21(18)15-17)24(25-30-31-32-33(25)19-7-3-4-8-19)29-27(2,22-9-5-13-35-22)23-10-6-14-36-23/h5-6,9-16,19,24,29H,3-4,7-8H2,1-2H3,(H,28,34). The van der Waals surface area contributed by atoms with Gasteiger partial charge in [-0.3, -0.25) is 10.1 Å². The zero-order valence-corrected chi connectivity index (χ0v) is 21.1. The monoisotopic (exact) mass is 500 g/mol. The van der Waals surface area contributed by atoms with E-state index in [9.17, 15) is 4.79 Å². The van der Waals surface area contributed by atoms with Crippen LogP contribution in [-0.4, -0.2) is 25.2 Å². The Morgan fingerprint density at radius 1 is 1.19 bits per heavy atom. The van der Waals surface area contributed by atoms with Gasteiger partial charge in [0.2, 0.25) is 0 Å². The van der Waals surface area contributed by atoms with Crippen LogP contribution >= 0.6 is 11.3 Å². The highest BCUT2D eigenvalue weighted by Crippen LogP contribution is 2.38. The van der Waals surface area contributed by atoms with Crippen molar-refractivity contribution in [2.24, 2.45) is 0 Å². The van der Waals surface area contributed by atoms with E-state index in [1.54, 1.807) is 17.6 Å². The molecule has 9 heteroatoms. The van der Waals surface area contributed by atoms with E-state index >= 15 is 0 Å². The number of tetrazole rings is 1. The molecule has 0 spiro atoms. The Hall–Kier alpha value is -3.56. The van der Waals surface area contributed by atoms with Gasteiger partial charge in [-0.15, -0.1) is 16.4 Å². The molecule has 1 aliphatic rings. The van der Waals surface area contributed by atoms with Gasteiger partial charge in [-0.25, -0.2) is 4.68 Å². The zero-order chi connectivity index (χ0) is 24.7. The molecule has 2 atom stereocenters. The van der Waals surface area contributed by atoms with Crippen LogP contribution in [-0.2, 0) is 5.54 Å². The molecule has 0 saturated heterocycles. The van der Waals surface area contributed by atoms with Crippen LogP contribution in [0, 0.1) is 6.92 Å².